The Hall–Kier alpha value is -2.44. The summed E-state index contributed by atoms with van der Waals surface area (Å²) in [4.78, 5) is 33.8. The van der Waals surface area contributed by atoms with Gasteiger partial charge in [-0.3, -0.25) is 9.59 Å². The molecule has 0 spiro atoms. The van der Waals surface area contributed by atoms with Gasteiger partial charge in [-0.2, -0.15) is 0 Å². The van der Waals surface area contributed by atoms with Gasteiger partial charge in [0.05, 0.1) is 19.1 Å². The van der Waals surface area contributed by atoms with Crippen LogP contribution in [-0.4, -0.2) is 36.1 Å². The molecule has 6 nitrogen and oxygen atoms in total. The van der Waals surface area contributed by atoms with Crippen LogP contribution in [0.2, 0.25) is 0 Å². The number of nitrogens with one attached hydrogen (secondary N) is 1. The van der Waals surface area contributed by atoms with Crippen LogP contribution in [0.3, 0.4) is 0 Å². The second-order valence-electron chi connectivity index (χ2n) is 4.13. The Morgan fingerprint density at radius 2 is 2.05 bits per heavy atom. The molecule has 1 amide bonds. The standard InChI is InChI=1S/C13H14FNO5/c1-7-3-4-9(14)8(5-7)12(17)15-10(13(18)19)6-11(16)20-2/h3-5,10H,6H2,1-2H3,(H,15,17)(H,18,19)/t10-/m0/s1. The largest absolute Gasteiger partial charge is 0.480 e. The molecule has 0 saturated heterocycles. The summed E-state index contributed by atoms with van der Waals surface area (Å²) in [6.07, 6.45) is -0.537. The molecule has 2 N–H and O–H groups in total. The van der Waals surface area contributed by atoms with E-state index in [-0.39, 0.29) is 5.56 Å². The molecule has 0 radical (unpaired) electrons. The molecule has 0 heterocycles. The van der Waals surface area contributed by atoms with E-state index in [4.69, 9.17) is 5.11 Å². The third kappa shape index (κ3) is 4.04. The summed E-state index contributed by atoms with van der Waals surface area (Å²) in [5.41, 5.74) is 0.373. The molecule has 0 fully saturated rings. The Labute approximate surface area is 114 Å². The SMILES string of the molecule is COC(=O)C[C@H](NC(=O)c1cc(C)ccc1F)C(=O)O. The average molecular weight is 283 g/mol. The first-order valence-corrected chi connectivity index (χ1v) is 5.71. The molecule has 0 aliphatic heterocycles. The first-order valence-electron chi connectivity index (χ1n) is 5.71. The van der Waals surface area contributed by atoms with Gasteiger partial charge in [0.15, 0.2) is 0 Å². The zero-order valence-electron chi connectivity index (χ0n) is 11.0. The average Bonchev–Trinajstić information content (AvgIpc) is 2.40. The van der Waals surface area contributed by atoms with Crippen molar-refractivity contribution in [2.75, 3.05) is 7.11 Å². The Bertz CT molecular complexity index is 544. The zero-order valence-corrected chi connectivity index (χ0v) is 11.0. The predicted molar refractivity (Wildman–Crippen MR) is 66.7 cm³/mol. The van der Waals surface area contributed by atoms with E-state index in [2.05, 4.69) is 10.1 Å². The molecule has 1 aromatic rings. The van der Waals surface area contributed by atoms with Gasteiger partial charge in [0.1, 0.15) is 11.9 Å². The van der Waals surface area contributed by atoms with E-state index < -0.39 is 36.1 Å². The van der Waals surface area contributed by atoms with Gasteiger partial charge >= 0.3 is 11.9 Å². The van der Waals surface area contributed by atoms with Crippen LogP contribution in [0.15, 0.2) is 18.2 Å². The predicted octanol–water partition coefficient (Wildman–Crippen LogP) is 0.880. The van der Waals surface area contributed by atoms with Crippen molar-refractivity contribution < 1.29 is 28.6 Å². The highest BCUT2D eigenvalue weighted by atomic mass is 19.1. The molecular weight excluding hydrogens is 269 g/mol. The van der Waals surface area contributed by atoms with E-state index in [9.17, 15) is 18.8 Å². The van der Waals surface area contributed by atoms with Crippen molar-refractivity contribution in [1.29, 1.82) is 0 Å². The molecule has 0 unspecified atom stereocenters. The van der Waals surface area contributed by atoms with Crippen molar-refractivity contribution in [3.63, 3.8) is 0 Å². The lowest BCUT2D eigenvalue weighted by atomic mass is 10.1. The van der Waals surface area contributed by atoms with Crippen LogP contribution in [0.1, 0.15) is 22.3 Å². The summed E-state index contributed by atoms with van der Waals surface area (Å²) < 4.78 is 17.8. The lowest BCUT2D eigenvalue weighted by molar-refractivity contribution is -0.147. The molecule has 0 bridgehead atoms. The van der Waals surface area contributed by atoms with Crippen LogP contribution in [0.5, 0.6) is 0 Å². The minimum absolute atomic E-state index is 0.277. The number of ether oxygens (including phenoxy) is 1. The van der Waals surface area contributed by atoms with Gasteiger partial charge in [0, 0.05) is 0 Å². The fourth-order valence-electron chi connectivity index (χ4n) is 1.50. The summed E-state index contributed by atoms with van der Waals surface area (Å²) in [6.45, 7) is 1.67. The van der Waals surface area contributed by atoms with E-state index in [1.165, 1.54) is 12.1 Å². The molecule has 1 aromatic carbocycles. The number of carbonyl (C=O) groups is 3. The number of aliphatic carboxylic acids is 1. The Morgan fingerprint density at radius 1 is 1.40 bits per heavy atom. The first kappa shape index (κ1) is 15.6. The number of hydrogen-bond acceptors (Lipinski definition) is 4. The van der Waals surface area contributed by atoms with Gasteiger partial charge in [-0.05, 0) is 19.1 Å². The van der Waals surface area contributed by atoms with Crippen molar-refractivity contribution in [1.82, 2.24) is 5.32 Å². The van der Waals surface area contributed by atoms with Crippen LogP contribution in [0.4, 0.5) is 4.39 Å². The summed E-state index contributed by atoms with van der Waals surface area (Å²) in [5.74, 6) is -3.86. The number of aryl methyl sites for hydroxylation is 1. The van der Waals surface area contributed by atoms with E-state index in [0.29, 0.717) is 5.56 Å². The minimum atomic E-state index is -1.48. The number of rotatable bonds is 5. The normalized spacial score (nSPS) is 11.6. The maximum atomic E-state index is 13.5. The fraction of sp³-hybridized carbons (Fsp3) is 0.308. The Morgan fingerprint density at radius 3 is 2.60 bits per heavy atom. The number of halogens is 1. The van der Waals surface area contributed by atoms with Crippen molar-refractivity contribution in [2.24, 2.45) is 0 Å². The number of benzene rings is 1. The van der Waals surface area contributed by atoms with Crippen molar-refractivity contribution >= 4 is 17.8 Å². The number of carboxylic acid groups (broad SMARTS) is 1. The first-order chi connectivity index (χ1) is 9.35. The smallest absolute Gasteiger partial charge is 0.326 e. The van der Waals surface area contributed by atoms with Gasteiger partial charge in [-0.1, -0.05) is 11.6 Å². The summed E-state index contributed by atoms with van der Waals surface area (Å²) in [5, 5.41) is 11.0. The van der Waals surface area contributed by atoms with E-state index in [1.807, 2.05) is 0 Å². The second-order valence-corrected chi connectivity index (χ2v) is 4.13. The third-order valence-electron chi connectivity index (χ3n) is 2.57. The molecule has 108 valence electrons. The second kappa shape index (κ2) is 6.65. The van der Waals surface area contributed by atoms with Gasteiger partial charge in [0.25, 0.3) is 5.91 Å². The molecule has 7 heteroatoms. The van der Waals surface area contributed by atoms with Gasteiger partial charge in [-0.15, -0.1) is 0 Å². The molecule has 0 aliphatic rings. The van der Waals surface area contributed by atoms with Gasteiger partial charge in [0.2, 0.25) is 0 Å². The van der Waals surface area contributed by atoms with Crippen molar-refractivity contribution in [3.8, 4) is 0 Å². The molecule has 20 heavy (non-hydrogen) atoms. The zero-order chi connectivity index (χ0) is 15.3. The van der Waals surface area contributed by atoms with Gasteiger partial charge < -0.3 is 15.2 Å². The topological polar surface area (TPSA) is 92.7 Å². The molecule has 0 aromatic heterocycles. The highest BCUT2D eigenvalue weighted by Gasteiger charge is 2.25. The Balaban J connectivity index is 2.88. The van der Waals surface area contributed by atoms with Crippen LogP contribution < -0.4 is 5.32 Å². The number of methoxy groups -OCH3 is 1. The minimum Gasteiger partial charge on any atom is -0.480 e. The summed E-state index contributed by atoms with van der Waals surface area (Å²) in [6, 6.07) is 2.41. The number of esters is 1. The van der Waals surface area contributed by atoms with Crippen LogP contribution in [0, 0.1) is 12.7 Å². The van der Waals surface area contributed by atoms with Crippen molar-refractivity contribution in [2.45, 2.75) is 19.4 Å². The third-order valence-corrected chi connectivity index (χ3v) is 2.57. The number of carboxylic acids is 1. The van der Waals surface area contributed by atoms with E-state index >= 15 is 0 Å². The van der Waals surface area contributed by atoms with Crippen LogP contribution >= 0.6 is 0 Å². The fourth-order valence-corrected chi connectivity index (χ4v) is 1.50. The van der Waals surface area contributed by atoms with Crippen molar-refractivity contribution in [3.05, 3.63) is 35.1 Å². The Kier molecular flexibility index (Phi) is 5.19. The molecule has 0 saturated carbocycles. The maximum Gasteiger partial charge on any atom is 0.326 e. The van der Waals surface area contributed by atoms with E-state index in [1.54, 1.807) is 6.92 Å². The lowest BCUT2D eigenvalue weighted by Crippen LogP contribution is -2.42. The van der Waals surface area contributed by atoms with Gasteiger partial charge in [-0.25, -0.2) is 9.18 Å². The highest BCUT2D eigenvalue weighted by molar-refractivity contribution is 5.97. The maximum absolute atomic E-state index is 13.5. The molecule has 0 aliphatic carbocycles. The van der Waals surface area contributed by atoms with Crippen LogP contribution in [0.25, 0.3) is 0 Å². The molecule has 1 atom stereocenters. The highest BCUT2D eigenvalue weighted by Crippen LogP contribution is 2.10. The van der Waals surface area contributed by atoms with E-state index in [0.717, 1.165) is 13.2 Å². The number of carbonyl (C=O) groups excluding carboxylic acids is 2. The molecular formula is C13H14FNO5. The number of amides is 1. The number of hydrogen-bond donors (Lipinski definition) is 2. The quantitative estimate of drug-likeness (QED) is 0.782. The lowest BCUT2D eigenvalue weighted by Gasteiger charge is -2.13. The summed E-state index contributed by atoms with van der Waals surface area (Å²) in [7, 11) is 1.10. The van der Waals surface area contributed by atoms with Crippen LogP contribution in [-0.2, 0) is 14.3 Å². The molecule has 1 rings (SSSR count). The monoisotopic (exact) mass is 283 g/mol. The summed E-state index contributed by atoms with van der Waals surface area (Å²) >= 11 is 0.